The van der Waals surface area contributed by atoms with Gasteiger partial charge >= 0.3 is 0 Å². The van der Waals surface area contributed by atoms with E-state index in [1.54, 1.807) is 25.3 Å². The predicted molar refractivity (Wildman–Crippen MR) is 113 cm³/mol. The highest BCUT2D eigenvalue weighted by molar-refractivity contribution is 7.99. The summed E-state index contributed by atoms with van der Waals surface area (Å²) in [5, 5.41) is 21.2. The Hall–Kier alpha value is -3.72. The van der Waals surface area contributed by atoms with Gasteiger partial charge in [-0.25, -0.2) is 4.98 Å². The van der Waals surface area contributed by atoms with Gasteiger partial charge in [-0.05, 0) is 30.0 Å². The number of methoxy groups -OCH3 is 1. The van der Waals surface area contributed by atoms with Crippen LogP contribution in [0, 0.1) is 10.1 Å². The van der Waals surface area contributed by atoms with E-state index < -0.39 is 4.92 Å². The van der Waals surface area contributed by atoms with Gasteiger partial charge in [-0.3, -0.25) is 10.1 Å². The van der Waals surface area contributed by atoms with E-state index >= 15 is 0 Å². The molecule has 2 aromatic carbocycles. The third kappa shape index (κ3) is 3.74. The van der Waals surface area contributed by atoms with Gasteiger partial charge < -0.3 is 9.30 Å². The summed E-state index contributed by atoms with van der Waals surface area (Å²) in [4.78, 5) is 15.6. The van der Waals surface area contributed by atoms with Crippen LogP contribution in [0.1, 0.15) is 0 Å². The van der Waals surface area contributed by atoms with Crippen molar-refractivity contribution in [3.63, 3.8) is 0 Å². The SMILES string of the molecule is COc1ccccc1-c1nnc(Sc2ccc([N+](=O)[O-])c(-c3ccccc3)n2)n1C. The molecule has 0 unspecified atom stereocenters. The van der Waals surface area contributed by atoms with E-state index in [1.165, 1.54) is 17.8 Å². The van der Waals surface area contributed by atoms with E-state index in [0.29, 0.717) is 33.0 Å². The van der Waals surface area contributed by atoms with E-state index in [9.17, 15) is 10.1 Å². The smallest absolute Gasteiger partial charge is 0.295 e. The molecule has 0 atom stereocenters. The monoisotopic (exact) mass is 419 g/mol. The molecule has 0 amide bonds. The fourth-order valence-electron chi connectivity index (χ4n) is 3.01. The Balaban J connectivity index is 1.71. The van der Waals surface area contributed by atoms with Gasteiger partial charge in [0.25, 0.3) is 5.69 Å². The van der Waals surface area contributed by atoms with E-state index in [-0.39, 0.29) is 5.69 Å². The second-order valence-electron chi connectivity index (χ2n) is 6.31. The first-order chi connectivity index (χ1) is 14.6. The molecule has 0 spiro atoms. The summed E-state index contributed by atoms with van der Waals surface area (Å²) in [6, 6.07) is 19.7. The Morgan fingerprint density at radius 1 is 1.00 bits per heavy atom. The van der Waals surface area contributed by atoms with E-state index in [1.807, 2.05) is 54.1 Å². The van der Waals surface area contributed by atoms with Gasteiger partial charge in [0.2, 0.25) is 0 Å². The molecule has 0 N–H and O–H groups in total. The third-order valence-electron chi connectivity index (χ3n) is 4.47. The van der Waals surface area contributed by atoms with Crippen molar-refractivity contribution in [3.05, 3.63) is 76.8 Å². The van der Waals surface area contributed by atoms with Crippen LogP contribution >= 0.6 is 11.8 Å². The standard InChI is InChI=1S/C21H17N5O3S/c1-25-20(15-10-6-7-11-17(15)29-2)23-24-21(25)30-18-13-12-16(26(27)28)19(22-18)14-8-4-3-5-9-14/h3-13H,1-2H3. The van der Waals surface area contributed by atoms with Gasteiger partial charge in [-0.1, -0.05) is 42.5 Å². The van der Waals surface area contributed by atoms with Crippen LogP contribution < -0.4 is 4.74 Å². The number of aromatic nitrogens is 4. The first-order valence-electron chi connectivity index (χ1n) is 9.00. The molecule has 4 rings (SSSR count). The van der Waals surface area contributed by atoms with Crippen molar-refractivity contribution in [3.8, 4) is 28.4 Å². The number of hydrogen-bond donors (Lipinski definition) is 0. The predicted octanol–water partition coefficient (Wildman–Crippen LogP) is 4.61. The molecule has 0 aliphatic rings. The Morgan fingerprint density at radius 3 is 2.47 bits per heavy atom. The van der Waals surface area contributed by atoms with Gasteiger partial charge in [0, 0.05) is 18.7 Å². The summed E-state index contributed by atoms with van der Waals surface area (Å²) in [5.74, 6) is 1.35. The maximum atomic E-state index is 11.5. The van der Waals surface area contributed by atoms with Crippen LogP contribution in [0.3, 0.4) is 0 Å². The fourth-order valence-corrected chi connectivity index (χ4v) is 3.77. The Bertz CT molecular complexity index is 1210. The zero-order valence-corrected chi connectivity index (χ0v) is 17.0. The summed E-state index contributed by atoms with van der Waals surface area (Å²) in [7, 11) is 3.46. The van der Waals surface area contributed by atoms with Gasteiger partial charge in [0.1, 0.15) is 16.5 Å². The molecule has 0 saturated carbocycles. The van der Waals surface area contributed by atoms with Crippen LogP contribution in [0.4, 0.5) is 5.69 Å². The quantitative estimate of drug-likeness (QED) is 0.332. The fraction of sp³-hybridized carbons (Fsp3) is 0.0952. The van der Waals surface area contributed by atoms with E-state index in [2.05, 4.69) is 15.2 Å². The van der Waals surface area contributed by atoms with Gasteiger partial charge in [0.15, 0.2) is 11.0 Å². The molecule has 0 aliphatic heterocycles. The van der Waals surface area contributed by atoms with E-state index in [4.69, 9.17) is 4.74 Å². The van der Waals surface area contributed by atoms with Crippen molar-refractivity contribution in [1.82, 2.24) is 19.7 Å². The number of benzene rings is 2. The molecule has 9 heteroatoms. The second-order valence-corrected chi connectivity index (χ2v) is 7.30. The molecule has 0 aliphatic carbocycles. The van der Waals surface area contributed by atoms with Gasteiger partial charge in [0.05, 0.1) is 17.6 Å². The Kier molecular flexibility index (Phi) is 5.44. The van der Waals surface area contributed by atoms with Crippen LogP contribution in [0.25, 0.3) is 22.6 Å². The average molecular weight is 419 g/mol. The lowest BCUT2D eigenvalue weighted by atomic mass is 10.1. The Morgan fingerprint density at radius 2 is 1.73 bits per heavy atom. The number of nitro groups is 1. The zero-order valence-electron chi connectivity index (χ0n) is 16.2. The zero-order chi connectivity index (χ0) is 21.1. The van der Waals surface area contributed by atoms with Gasteiger partial charge in [-0.2, -0.15) is 0 Å². The van der Waals surface area contributed by atoms with Crippen LogP contribution in [0.15, 0.2) is 76.9 Å². The number of rotatable bonds is 6. The van der Waals surface area contributed by atoms with Crippen LogP contribution in [0.5, 0.6) is 5.75 Å². The summed E-state index contributed by atoms with van der Waals surface area (Å²) in [6.07, 6.45) is 0. The highest BCUT2D eigenvalue weighted by Crippen LogP contribution is 2.35. The molecular weight excluding hydrogens is 402 g/mol. The average Bonchev–Trinajstić information content (AvgIpc) is 3.14. The molecule has 0 fully saturated rings. The molecule has 150 valence electrons. The highest BCUT2D eigenvalue weighted by Gasteiger charge is 2.20. The summed E-state index contributed by atoms with van der Waals surface area (Å²) >= 11 is 1.29. The molecule has 2 heterocycles. The number of nitrogens with zero attached hydrogens (tertiary/aromatic N) is 5. The lowest BCUT2D eigenvalue weighted by molar-refractivity contribution is -0.384. The van der Waals surface area contributed by atoms with Crippen molar-refractivity contribution in [2.45, 2.75) is 10.2 Å². The maximum absolute atomic E-state index is 11.5. The van der Waals surface area contributed by atoms with E-state index in [0.717, 1.165) is 5.56 Å². The van der Waals surface area contributed by atoms with Crippen LogP contribution in [0.2, 0.25) is 0 Å². The number of para-hydroxylation sites is 1. The van der Waals surface area contributed by atoms with Crippen molar-refractivity contribution >= 4 is 17.4 Å². The lowest BCUT2D eigenvalue weighted by Crippen LogP contribution is -1.98. The van der Waals surface area contributed by atoms with Gasteiger partial charge in [-0.15, -0.1) is 10.2 Å². The molecule has 0 radical (unpaired) electrons. The summed E-state index contributed by atoms with van der Waals surface area (Å²) in [6.45, 7) is 0. The Labute approximate surface area is 176 Å². The second kappa shape index (κ2) is 8.34. The van der Waals surface area contributed by atoms with Crippen molar-refractivity contribution in [2.24, 2.45) is 7.05 Å². The third-order valence-corrected chi connectivity index (χ3v) is 5.45. The number of pyridine rings is 1. The molecule has 8 nitrogen and oxygen atoms in total. The largest absolute Gasteiger partial charge is 0.496 e. The van der Waals surface area contributed by atoms with Crippen molar-refractivity contribution in [1.29, 1.82) is 0 Å². The number of ether oxygens (including phenoxy) is 1. The first-order valence-corrected chi connectivity index (χ1v) is 9.81. The molecule has 0 bridgehead atoms. The minimum absolute atomic E-state index is 0.0433. The highest BCUT2D eigenvalue weighted by atomic mass is 32.2. The van der Waals surface area contributed by atoms with Crippen LogP contribution in [-0.4, -0.2) is 31.8 Å². The van der Waals surface area contributed by atoms with Crippen LogP contribution in [-0.2, 0) is 7.05 Å². The molecule has 0 saturated heterocycles. The van der Waals surface area contributed by atoms with Crippen molar-refractivity contribution < 1.29 is 9.66 Å². The minimum Gasteiger partial charge on any atom is -0.496 e. The molecular formula is C21H17N5O3S. The molecule has 30 heavy (non-hydrogen) atoms. The first kappa shape index (κ1) is 19.6. The lowest BCUT2D eigenvalue weighted by Gasteiger charge is -2.08. The maximum Gasteiger partial charge on any atom is 0.295 e. The summed E-state index contributed by atoms with van der Waals surface area (Å²) in [5.41, 5.74) is 1.78. The topological polar surface area (TPSA) is 96.0 Å². The summed E-state index contributed by atoms with van der Waals surface area (Å²) < 4.78 is 7.26. The normalized spacial score (nSPS) is 10.7. The number of hydrogen-bond acceptors (Lipinski definition) is 7. The molecule has 2 aromatic heterocycles. The molecule has 4 aromatic rings. The minimum atomic E-state index is -0.425. The van der Waals surface area contributed by atoms with Crippen molar-refractivity contribution in [2.75, 3.05) is 7.11 Å².